The topological polar surface area (TPSA) is 75.4 Å². The molecule has 1 aromatic carbocycles. The van der Waals surface area contributed by atoms with E-state index in [1.807, 2.05) is 18.9 Å². The molecular weight excluding hydrogens is 309 g/mol. The molecule has 0 unspecified atom stereocenters. The van der Waals surface area contributed by atoms with Gasteiger partial charge in [0.1, 0.15) is 4.90 Å². The zero-order chi connectivity index (χ0) is 14.6. The second kappa shape index (κ2) is 6.76. The minimum atomic E-state index is -3.74. The lowest BCUT2D eigenvalue weighted by Gasteiger charge is -2.15. The summed E-state index contributed by atoms with van der Waals surface area (Å²) in [7, 11) is -1.84. The summed E-state index contributed by atoms with van der Waals surface area (Å²) in [6.45, 7) is 3.71. The van der Waals surface area contributed by atoms with Gasteiger partial charge in [0.2, 0.25) is 10.0 Å². The van der Waals surface area contributed by atoms with Crippen LogP contribution in [0.4, 0.5) is 5.69 Å². The number of nitrogens with zero attached hydrogens (tertiary/aromatic N) is 1. The average Bonchev–Trinajstić information content (AvgIpc) is 2.26. The van der Waals surface area contributed by atoms with Crippen molar-refractivity contribution in [1.29, 1.82) is 0 Å². The smallest absolute Gasteiger partial charge is 0.243 e. The van der Waals surface area contributed by atoms with E-state index in [0.29, 0.717) is 12.2 Å². The monoisotopic (exact) mass is 325 g/mol. The molecule has 0 saturated heterocycles. The molecule has 8 heteroatoms. The van der Waals surface area contributed by atoms with E-state index in [-0.39, 0.29) is 21.5 Å². The minimum Gasteiger partial charge on any atom is -0.399 e. The maximum Gasteiger partial charge on any atom is 0.243 e. The normalized spacial score (nSPS) is 12.1. The quantitative estimate of drug-likeness (QED) is 0.782. The van der Waals surface area contributed by atoms with Crippen LogP contribution < -0.4 is 10.5 Å². The molecule has 0 heterocycles. The number of hydrogen-bond donors (Lipinski definition) is 2. The molecule has 5 nitrogen and oxygen atoms in total. The number of likely N-dealkylation sites (N-methyl/N-ethyl adjacent to an activating group) is 1. The highest BCUT2D eigenvalue weighted by molar-refractivity contribution is 7.89. The van der Waals surface area contributed by atoms with Gasteiger partial charge in [-0.05, 0) is 25.7 Å². The van der Waals surface area contributed by atoms with Gasteiger partial charge in [-0.3, -0.25) is 0 Å². The first kappa shape index (κ1) is 16.5. The third kappa shape index (κ3) is 4.50. The van der Waals surface area contributed by atoms with Crippen molar-refractivity contribution >= 4 is 38.9 Å². The molecular formula is C11H17Cl2N3O2S. The van der Waals surface area contributed by atoms with Crippen LogP contribution in [0.25, 0.3) is 0 Å². The molecule has 0 spiro atoms. The van der Waals surface area contributed by atoms with Crippen molar-refractivity contribution in [2.24, 2.45) is 0 Å². The highest BCUT2D eigenvalue weighted by Gasteiger charge is 2.21. The summed E-state index contributed by atoms with van der Waals surface area (Å²) in [6, 6.07) is 2.72. The summed E-state index contributed by atoms with van der Waals surface area (Å²) in [5.74, 6) is 0. The van der Waals surface area contributed by atoms with Crippen LogP contribution in [-0.4, -0.2) is 40.0 Å². The Morgan fingerprint density at radius 3 is 2.32 bits per heavy atom. The third-order valence-corrected chi connectivity index (χ3v) is 5.00. The van der Waals surface area contributed by atoms with E-state index >= 15 is 0 Å². The van der Waals surface area contributed by atoms with E-state index in [4.69, 9.17) is 28.9 Å². The number of sulfonamides is 1. The van der Waals surface area contributed by atoms with E-state index < -0.39 is 10.0 Å². The fourth-order valence-electron chi connectivity index (χ4n) is 1.44. The standard InChI is InChI=1S/C11H17Cl2N3O2S/c1-3-16(2)5-4-15-19(17,18)11-9(12)6-8(14)7-10(11)13/h6-7,15H,3-5,14H2,1-2H3. The van der Waals surface area contributed by atoms with Gasteiger partial charge in [0.25, 0.3) is 0 Å². The van der Waals surface area contributed by atoms with Gasteiger partial charge in [0.15, 0.2) is 0 Å². The van der Waals surface area contributed by atoms with Gasteiger partial charge in [-0.2, -0.15) is 0 Å². The summed E-state index contributed by atoms with van der Waals surface area (Å²) >= 11 is 11.8. The summed E-state index contributed by atoms with van der Waals surface area (Å²) in [6.07, 6.45) is 0. The Labute approximate surface area is 123 Å². The predicted molar refractivity (Wildman–Crippen MR) is 79.2 cm³/mol. The van der Waals surface area contributed by atoms with Crippen molar-refractivity contribution in [2.45, 2.75) is 11.8 Å². The molecule has 0 aliphatic rings. The van der Waals surface area contributed by atoms with Crippen LogP contribution in [0.3, 0.4) is 0 Å². The molecule has 0 aromatic heterocycles. The molecule has 19 heavy (non-hydrogen) atoms. The van der Waals surface area contributed by atoms with Crippen LogP contribution in [0, 0.1) is 0 Å². The number of hydrogen-bond acceptors (Lipinski definition) is 4. The van der Waals surface area contributed by atoms with Crippen LogP contribution in [0.15, 0.2) is 17.0 Å². The highest BCUT2D eigenvalue weighted by Crippen LogP contribution is 2.31. The Kier molecular flexibility index (Phi) is 5.88. The Balaban J connectivity index is 2.89. The second-order valence-electron chi connectivity index (χ2n) is 4.11. The van der Waals surface area contributed by atoms with Crippen LogP contribution in [0.5, 0.6) is 0 Å². The molecule has 108 valence electrons. The molecule has 0 aliphatic carbocycles. The molecule has 0 aliphatic heterocycles. The number of benzene rings is 1. The molecule has 1 rings (SSSR count). The van der Waals surface area contributed by atoms with Gasteiger partial charge in [-0.25, -0.2) is 13.1 Å². The first-order valence-electron chi connectivity index (χ1n) is 5.70. The van der Waals surface area contributed by atoms with Gasteiger partial charge in [-0.15, -0.1) is 0 Å². The van der Waals surface area contributed by atoms with E-state index in [1.54, 1.807) is 0 Å². The number of nitrogens with two attached hydrogens (primary N) is 1. The second-order valence-corrected chi connectivity index (χ2v) is 6.63. The number of nitrogen functional groups attached to an aromatic ring is 1. The molecule has 0 atom stereocenters. The number of halogens is 2. The zero-order valence-electron chi connectivity index (χ0n) is 10.8. The maximum atomic E-state index is 12.1. The zero-order valence-corrected chi connectivity index (χ0v) is 13.1. The Hall–Kier alpha value is -0.530. The van der Waals surface area contributed by atoms with E-state index in [0.717, 1.165) is 6.54 Å². The first-order chi connectivity index (χ1) is 8.77. The number of rotatable bonds is 6. The average molecular weight is 326 g/mol. The van der Waals surface area contributed by atoms with Crippen molar-refractivity contribution in [2.75, 3.05) is 32.4 Å². The van der Waals surface area contributed by atoms with E-state index in [9.17, 15) is 8.42 Å². The fraction of sp³-hybridized carbons (Fsp3) is 0.455. The van der Waals surface area contributed by atoms with Crippen molar-refractivity contribution in [1.82, 2.24) is 9.62 Å². The molecule has 0 amide bonds. The molecule has 3 N–H and O–H groups in total. The SMILES string of the molecule is CCN(C)CCNS(=O)(=O)c1c(Cl)cc(N)cc1Cl. The lowest BCUT2D eigenvalue weighted by Crippen LogP contribution is -2.33. The van der Waals surface area contributed by atoms with Crippen molar-refractivity contribution in [3.8, 4) is 0 Å². The molecule has 0 saturated carbocycles. The van der Waals surface area contributed by atoms with Gasteiger partial charge < -0.3 is 10.6 Å². The largest absolute Gasteiger partial charge is 0.399 e. The maximum absolute atomic E-state index is 12.1. The minimum absolute atomic E-state index is 0.0151. The fourth-order valence-corrected chi connectivity index (χ4v) is 3.69. The summed E-state index contributed by atoms with van der Waals surface area (Å²) in [5.41, 5.74) is 5.86. The molecule has 0 radical (unpaired) electrons. The number of nitrogens with one attached hydrogen (secondary N) is 1. The lowest BCUT2D eigenvalue weighted by atomic mass is 10.3. The van der Waals surface area contributed by atoms with Crippen LogP contribution in [0.1, 0.15) is 6.92 Å². The molecule has 1 aromatic rings. The van der Waals surface area contributed by atoms with Gasteiger partial charge in [-0.1, -0.05) is 30.1 Å². The van der Waals surface area contributed by atoms with Crippen LogP contribution >= 0.6 is 23.2 Å². The van der Waals surface area contributed by atoms with Crippen LogP contribution in [0.2, 0.25) is 10.0 Å². The third-order valence-electron chi connectivity index (χ3n) is 2.61. The lowest BCUT2D eigenvalue weighted by molar-refractivity contribution is 0.358. The molecule has 0 bridgehead atoms. The summed E-state index contributed by atoms with van der Waals surface area (Å²) in [5, 5.41) is 0.0303. The predicted octanol–water partition coefficient (Wildman–Crippen LogP) is 1.81. The summed E-state index contributed by atoms with van der Waals surface area (Å²) < 4.78 is 26.7. The van der Waals surface area contributed by atoms with Crippen molar-refractivity contribution in [3.63, 3.8) is 0 Å². The van der Waals surface area contributed by atoms with Crippen molar-refractivity contribution < 1.29 is 8.42 Å². The van der Waals surface area contributed by atoms with Gasteiger partial charge in [0, 0.05) is 18.8 Å². The van der Waals surface area contributed by atoms with Crippen molar-refractivity contribution in [3.05, 3.63) is 22.2 Å². The van der Waals surface area contributed by atoms with Crippen LogP contribution in [-0.2, 0) is 10.0 Å². The van der Waals surface area contributed by atoms with Gasteiger partial charge >= 0.3 is 0 Å². The van der Waals surface area contributed by atoms with E-state index in [1.165, 1.54) is 12.1 Å². The Morgan fingerprint density at radius 2 is 1.84 bits per heavy atom. The van der Waals surface area contributed by atoms with Gasteiger partial charge in [0.05, 0.1) is 10.0 Å². The Bertz CT molecular complexity index is 526. The molecule has 0 fully saturated rings. The first-order valence-corrected chi connectivity index (χ1v) is 7.94. The highest BCUT2D eigenvalue weighted by atomic mass is 35.5. The summed E-state index contributed by atoms with van der Waals surface area (Å²) in [4.78, 5) is 1.85. The number of anilines is 1. The van der Waals surface area contributed by atoms with E-state index in [2.05, 4.69) is 4.72 Å². The Morgan fingerprint density at radius 1 is 1.32 bits per heavy atom.